The molecule has 2 aromatic carbocycles. The van der Waals surface area contributed by atoms with Gasteiger partial charge in [-0.25, -0.2) is 8.42 Å². The van der Waals surface area contributed by atoms with Gasteiger partial charge in [-0.05, 0) is 53.0 Å². The summed E-state index contributed by atoms with van der Waals surface area (Å²) in [6.07, 6.45) is 4.41. The van der Waals surface area contributed by atoms with Crippen LogP contribution in [0.1, 0.15) is 32.1 Å². The maximum atomic E-state index is 13.6. The van der Waals surface area contributed by atoms with Crippen molar-refractivity contribution in [3.05, 3.63) is 46.9 Å². The number of hydrogen-bond donors (Lipinski definition) is 1. The van der Waals surface area contributed by atoms with E-state index in [0.29, 0.717) is 17.2 Å². The molecule has 1 aliphatic rings. The molecule has 3 rings (SSSR count). The summed E-state index contributed by atoms with van der Waals surface area (Å²) in [7, 11) is -0.981. The maximum Gasteiger partial charge on any atom is 0.243 e. The Morgan fingerprint density at radius 2 is 1.74 bits per heavy atom. The molecule has 0 bridgehead atoms. The van der Waals surface area contributed by atoms with Gasteiger partial charge in [-0.1, -0.05) is 31.4 Å². The van der Waals surface area contributed by atoms with Crippen molar-refractivity contribution in [2.24, 2.45) is 0 Å². The van der Waals surface area contributed by atoms with E-state index < -0.39 is 10.0 Å². The molecular weight excluding hydrogens is 484 g/mol. The smallest absolute Gasteiger partial charge is 0.243 e. The first-order chi connectivity index (χ1) is 14.9. The largest absolute Gasteiger partial charge is 0.493 e. The predicted octanol–water partition coefficient (Wildman–Crippen LogP) is 4.43. The molecule has 0 aromatic heterocycles. The van der Waals surface area contributed by atoms with Gasteiger partial charge >= 0.3 is 0 Å². The lowest BCUT2D eigenvalue weighted by Gasteiger charge is -2.33. The normalized spacial score (nSPS) is 15.0. The van der Waals surface area contributed by atoms with Gasteiger partial charge in [-0.15, -0.1) is 0 Å². The van der Waals surface area contributed by atoms with Crippen LogP contribution < -0.4 is 14.8 Å². The molecule has 0 saturated heterocycles. The molecule has 0 heterocycles. The van der Waals surface area contributed by atoms with Gasteiger partial charge in [0.15, 0.2) is 11.5 Å². The van der Waals surface area contributed by atoms with Crippen LogP contribution in [0.5, 0.6) is 11.5 Å². The van der Waals surface area contributed by atoms with E-state index in [1.54, 1.807) is 18.2 Å². The minimum Gasteiger partial charge on any atom is -0.493 e. The number of amides is 1. The zero-order chi connectivity index (χ0) is 22.4. The zero-order valence-corrected chi connectivity index (χ0v) is 20.0. The quantitative estimate of drug-likeness (QED) is 0.567. The monoisotopic (exact) mass is 510 g/mol. The second-order valence-electron chi connectivity index (χ2n) is 7.39. The number of ether oxygens (including phenoxy) is 2. The maximum absolute atomic E-state index is 13.6. The minimum absolute atomic E-state index is 0.0735. The summed E-state index contributed by atoms with van der Waals surface area (Å²) in [4.78, 5) is 12.9. The summed E-state index contributed by atoms with van der Waals surface area (Å²) in [5.74, 6) is 0.378. The number of para-hydroxylation sites is 1. The Balaban J connectivity index is 1.91. The fourth-order valence-electron chi connectivity index (χ4n) is 3.79. The molecule has 0 radical (unpaired) electrons. The van der Waals surface area contributed by atoms with Crippen molar-refractivity contribution in [2.75, 3.05) is 26.1 Å². The number of sulfonamides is 1. The van der Waals surface area contributed by atoms with Crippen LogP contribution in [-0.2, 0) is 14.8 Å². The van der Waals surface area contributed by atoms with E-state index in [1.165, 1.54) is 30.7 Å². The summed E-state index contributed by atoms with van der Waals surface area (Å²) >= 11 is 3.40. The summed E-state index contributed by atoms with van der Waals surface area (Å²) < 4.78 is 39.8. The molecule has 2 aromatic rings. The lowest BCUT2D eigenvalue weighted by atomic mass is 9.95. The third kappa shape index (κ3) is 5.58. The first kappa shape index (κ1) is 23.6. The fourth-order valence-corrected chi connectivity index (χ4v) is 5.83. The molecule has 0 atom stereocenters. The molecule has 1 saturated carbocycles. The van der Waals surface area contributed by atoms with Gasteiger partial charge in [-0.3, -0.25) is 4.79 Å². The Labute approximate surface area is 191 Å². The highest BCUT2D eigenvalue weighted by molar-refractivity contribution is 9.10. The van der Waals surface area contributed by atoms with E-state index in [0.717, 1.165) is 36.6 Å². The van der Waals surface area contributed by atoms with Gasteiger partial charge < -0.3 is 14.8 Å². The second-order valence-corrected chi connectivity index (χ2v) is 10.1. The van der Waals surface area contributed by atoms with Crippen molar-refractivity contribution in [1.29, 1.82) is 0 Å². The average molecular weight is 511 g/mol. The highest BCUT2D eigenvalue weighted by Crippen LogP contribution is 2.33. The van der Waals surface area contributed by atoms with Gasteiger partial charge in [0.1, 0.15) is 0 Å². The molecular formula is C22H27BrN2O5S. The Morgan fingerprint density at radius 3 is 2.39 bits per heavy atom. The first-order valence-electron chi connectivity index (χ1n) is 10.1. The van der Waals surface area contributed by atoms with Crippen LogP contribution in [0.25, 0.3) is 0 Å². The van der Waals surface area contributed by atoms with Gasteiger partial charge in [-0.2, -0.15) is 4.31 Å². The second kappa shape index (κ2) is 10.5. The van der Waals surface area contributed by atoms with E-state index in [9.17, 15) is 13.2 Å². The molecule has 168 valence electrons. The molecule has 31 heavy (non-hydrogen) atoms. The number of hydrogen-bond acceptors (Lipinski definition) is 5. The van der Waals surface area contributed by atoms with E-state index in [4.69, 9.17) is 9.47 Å². The minimum atomic E-state index is -3.93. The number of nitrogens with zero attached hydrogens (tertiary/aromatic N) is 1. The van der Waals surface area contributed by atoms with Crippen LogP contribution in [0.15, 0.2) is 51.8 Å². The number of rotatable bonds is 8. The van der Waals surface area contributed by atoms with Crippen LogP contribution in [0.4, 0.5) is 5.69 Å². The molecule has 0 spiro atoms. The Hall–Kier alpha value is -2.10. The highest BCUT2D eigenvalue weighted by atomic mass is 79.9. The summed E-state index contributed by atoms with van der Waals surface area (Å²) in [6.45, 7) is -0.261. The van der Waals surface area contributed by atoms with E-state index in [1.807, 2.05) is 12.1 Å². The third-order valence-electron chi connectivity index (χ3n) is 5.39. The van der Waals surface area contributed by atoms with Gasteiger partial charge in [0.05, 0.1) is 31.3 Å². The van der Waals surface area contributed by atoms with Gasteiger partial charge in [0, 0.05) is 16.6 Å². The van der Waals surface area contributed by atoms with E-state index in [-0.39, 0.29) is 23.4 Å². The standard InChI is InChI=1S/C22H27BrN2O5S/c1-29-20-13-12-17(14-21(20)30-2)31(27,28)25(16-8-4-3-5-9-16)15-22(26)24-19-11-7-6-10-18(19)23/h6-7,10-14,16H,3-5,8-9,15H2,1-2H3,(H,24,26). The number of benzene rings is 2. The molecule has 0 aliphatic heterocycles. The summed E-state index contributed by atoms with van der Waals surface area (Å²) in [5, 5.41) is 2.81. The van der Waals surface area contributed by atoms with E-state index >= 15 is 0 Å². The molecule has 1 fully saturated rings. The number of nitrogens with one attached hydrogen (secondary N) is 1. The lowest BCUT2D eigenvalue weighted by molar-refractivity contribution is -0.116. The van der Waals surface area contributed by atoms with Crippen LogP contribution in [-0.4, -0.2) is 45.4 Å². The molecule has 7 nitrogen and oxygen atoms in total. The van der Waals surface area contributed by atoms with Gasteiger partial charge in [0.25, 0.3) is 0 Å². The third-order valence-corrected chi connectivity index (χ3v) is 7.98. The van der Waals surface area contributed by atoms with Crippen LogP contribution in [0.3, 0.4) is 0 Å². The number of carbonyl (C=O) groups is 1. The Kier molecular flexibility index (Phi) is 7.96. The topological polar surface area (TPSA) is 84.9 Å². The van der Waals surface area contributed by atoms with Crippen LogP contribution in [0.2, 0.25) is 0 Å². The number of anilines is 1. The summed E-state index contributed by atoms with van der Waals surface area (Å²) in [6, 6.07) is 11.5. The van der Waals surface area contributed by atoms with E-state index in [2.05, 4.69) is 21.2 Å². The Bertz CT molecular complexity index is 1020. The molecule has 0 unspecified atom stereocenters. The van der Waals surface area contributed by atoms with Crippen molar-refractivity contribution >= 4 is 37.5 Å². The average Bonchev–Trinajstić information content (AvgIpc) is 2.79. The van der Waals surface area contributed by atoms with Gasteiger partial charge in [0.2, 0.25) is 15.9 Å². The lowest BCUT2D eigenvalue weighted by Crippen LogP contribution is -2.45. The van der Waals surface area contributed by atoms with Crippen molar-refractivity contribution < 1.29 is 22.7 Å². The van der Waals surface area contributed by atoms with Crippen LogP contribution >= 0.6 is 15.9 Å². The van der Waals surface area contributed by atoms with Crippen molar-refractivity contribution in [3.63, 3.8) is 0 Å². The van der Waals surface area contributed by atoms with Crippen molar-refractivity contribution in [2.45, 2.75) is 43.0 Å². The number of methoxy groups -OCH3 is 2. The molecule has 9 heteroatoms. The van der Waals surface area contributed by atoms with Crippen molar-refractivity contribution in [3.8, 4) is 11.5 Å². The highest BCUT2D eigenvalue weighted by Gasteiger charge is 2.34. The number of carbonyl (C=O) groups excluding carboxylic acids is 1. The number of halogens is 1. The molecule has 1 amide bonds. The van der Waals surface area contributed by atoms with Crippen LogP contribution in [0, 0.1) is 0 Å². The fraction of sp³-hybridized carbons (Fsp3) is 0.409. The molecule has 1 aliphatic carbocycles. The SMILES string of the molecule is COc1ccc(S(=O)(=O)N(CC(=O)Nc2ccccc2Br)C2CCCCC2)cc1OC. The Morgan fingerprint density at radius 1 is 1.06 bits per heavy atom. The summed E-state index contributed by atoms with van der Waals surface area (Å²) in [5.41, 5.74) is 0.597. The predicted molar refractivity (Wildman–Crippen MR) is 123 cm³/mol. The first-order valence-corrected chi connectivity index (χ1v) is 12.4. The van der Waals surface area contributed by atoms with Crippen molar-refractivity contribution in [1.82, 2.24) is 4.31 Å². The molecule has 1 N–H and O–H groups in total. The zero-order valence-electron chi connectivity index (χ0n) is 17.6.